The summed E-state index contributed by atoms with van der Waals surface area (Å²) in [5.74, 6) is 1.52. The first-order valence-electron chi connectivity index (χ1n) is 8.76. The summed E-state index contributed by atoms with van der Waals surface area (Å²) in [7, 11) is 0. The Labute approximate surface area is 169 Å². The Morgan fingerprint density at radius 2 is 2.14 bits per heavy atom. The van der Waals surface area contributed by atoms with Crippen LogP contribution >= 0.6 is 15.9 Å². The van der Waals surface area contributed by atoms with Crippen molar-refractivity contribution in [1.82, 2.24) is 9.97 Å². The number of nitriles is 1. The van der Waals surface area contributed by atoms with Crippen LogP contribution in [0.5, 0.6) is 0 Å². The highest BCUT2D eigenvalue weighted by Gasteiger charge is 2.29. The van der Waals surface area contributed by atoms with E-state index in [1.165, 1.54) is 6.26 Å². The van der Waals surface area contributed by atoms with Crippen molar-refractivity contribution in [3.8, 4) is 17.7 Å². The maximum absolute atomic E-state index is 12.5. The van der Waals surface area contributed by atoms with E-state index in [0.717, 1.165) is 4.47 Å². The number of piperidine rings is 1. The number of halogens is 1. The van der Waals surface area contributed by atoms with Crippen LogP contribution in [0.3, 0.4) is 0 Å². The molecule has 0 aromatic carbocycles. The molecule has 4 rings (SSSR count). The molecule has 1 aliphatic rings. The van der Waals surface area contributed by atoms with E-state index < -0.39 is 0 Å². The second-order valence-electron chi connectivity index (χ2n) is 6.37. The number of rotatable bonds is 4. The average molecular weight is 442 g/mol. The van der Waals surface area contributed by atoms with Gasteiger partial charge in [0, 0.05) is 29.7 Å². The molecule has 1 saturated heterocycles. The monoisotopic (exact) mass is 441 g/mol. The molecular formula is C19H16BrN5O3. The van der Waals surface area contributed by atoms with E-state index in [-0.39, 0.29) is 23.4 Å². The third kappa shape index (κ3) is 3.77. The van der Waals surface area contributed by atoms with Crippen LogP contribution in [-0.2, 0) is 4.79 Å². The number of nitrogens with one attached hydrogen (secondary N) is 1. The van der Waals surface area contributed by atoms with Crippen LogP contribution in [0, 0.1) is 17.2 Å². The predicted molar refractivity (Wildman–Crippen MR) is 104 cm³/mol. The van der Waals surface area contributed by atoms with Crippen molar-refractivity contribution in [2.24, 2.45) is 5.92 Å². The molecule has 1 aliphatic heterocycles. The molecule has 8 nitrogen and oxygen atoms in total. The second kappa shape index (κ2) is 7.86. The van der Waals surface area contributed by atoms with Crippen LogP contribution in [0.2, 0.25) is 0 Å². The summed E-state index contributed by atoms with van der Waals surface area (Å²) in [4.78, 5) is 22.8. The normalized spacial score (nSPS) is 14.6. The molecule has 0 radical (unpaired) electrons. The number of amides is 1. The summed E-state index contributed by atoms with van der Waals surface area (Å²) in [6.45, 7) is 1.18. The molecule has 0 bridgehead atoms. The van der Waals surface area contributed by atoms with E-state index in [9.17, 15) is 10.1 Å². The van der Waals surface area contributed by atoms with Crippen molar-refractivity contribution in [2.45, 2.75) is 12.8 Å². The molecule has 1 fully saturated rings. The third-order valence-corrected chi connectivity index (χ3v) is 5.05. The second-order valence-corrected chi connectivity index (χ2v) is 7.29. The Bertz CT molecular complexity index is 999. The fourth-order valence-electron chi connectivity index (χ4n) is 3.13. The molecule has 0 spiro atoms. The molecular weight excluding hydrogens is 426 g/mol. The van der Waals surface area contributed by atoms with Gasteiger partial charge in [0.25, 0.3) is 5.89 Å². The van der Waals surface area contributed by atoms with Gasteiger partial charge in [-0.25, -0.2) is 4.98 Å². The summed E-state index contributed by atoms with van der Waals surface area (Å²) in [5.41, 5.74) is 0.216. The minimum atomic E-state index is -0.125. The van der Waals surface area contributed by atoms with Gasteiger partial charge in [-0.05, 0) is 53.0 Å². The molecule has 0 atom stereocenters. The largest absolute Gasteiger partial charge is 0.459 e. The van der Waals surface area contributed by atoms with Crippen LogP contribution in [-0.4, -0.2) is 29.0 Å². The molecule has 1 N–H and O–H groups in total. The number of oxazole rings is 1. The highest BCUT2D eigenvalue weighted by atomic mass is 79.9. The molecule has 3 aromatic heterocycles. The van der Waals surface area contributed by atoms with Gasteiger partial charge >= 0.3 is 0 Å². The number of pyridine rings is 1. The van der Waals surface area contributed by atoms with Crippen molar-refractivity contribution in [2.75, 3.05) is 23.3 Å². The van der Waals surface area contributed by atoms with Gasteiger partial charge in [0.05, 0.1) is 6.26 Å². The number of carbonyl (C=O) groups excluding carboxylic acids is 1. The van der Waals surface area contributed by atoms with E-state index in [1.54, 1.807) is 24.4 Å². The fourth-order valence-corrected chi connectivity index (χ4v) is 3.36. The first-order valence-corrected chi connectivity index (χ1v) is 9.55. The summed E-state index contributed by atoms with van der Waals surface area (Å²) < 4.78 is 11.9. The van der Waals surface area contributed by atoms with Crippen molar-refractivity contribution >= 4 is 33.5 Å². The van der Waals surface area contributed by atoms with Crippen LogP contribution in [0.4, 0.5) is 11.7 Å². The number of furan rings is 1. The van der Waals surface area contributed by atoms with E-state index >= 15 is 0 Å². The third-order valence-electron chi connectivity index (χ3n) is 4.58. The zero-order valence-corrected chi connectivity index (χ0v) is 16.3. The van der Waals surface area contributed by atoms with Crippen LogP contribution in [0.25, 0.3) is 11.7 Å². The van der Waals surface area contributed by atoms with Crippen LogP contribution < -0.4 is 10.2 Å². The van der Waals surface area contributed by atoms with Gasteiger partial charge in [-0.15, -0.1) is 0 Å². The molecule has 4 heterocycles. The highest BCUT2D eigenvalue weighted by molar-refractivity contribution is 9.10. The standard InChI is InChI=1S/C19H16BrN5O3/c20-13-3-4-16(22-11-13)24-17(26)12-5-7-25(8-6-12)19-14(10-21)23-18(28-19)15-2-1-9-27-15/h1-4,9,11-12H,5-8H2,(H,22,24,26). The van der Waals surface area contributed by atoms with Gasteiger partial charge in [-0.1, -0.05) is 0 Å². The Balaban J connectivity index is 1.41. The van der Waals surface area contributed by atoms with Crippen molar-refractivity contribution in [3.05, 3.63) is 46.9 Å². The molecule has 28 heavy (non-hydrogen) atoms. The Kier molecular flexibility index (Phi) is 5.12. The Hall–Kier alpha value is -3.12. The van der Waals surface area contributed by atoms with Crippen molar-refractivity contribution in [3.63, 3.8) is 0 Å². The highest BCUT2D eigenvalue weighted by Crippen LogP contribution is 2.31. The van der Waals surface area contributed by atoms with Gasteiger partial charge < -0.3 is 19.1 Å². The lowest BCUT2D eigenvalue weighted by Crippen LogP contribution is -2.38. The smallest absolute Gasteiger partial charge is 0.266 e. The topological polar surface area (TPSA) is 108 Å². The first kappa shape index (κ1) is 18.3. The molecule has 0 saturated carbocycles. The molecule has 9 heteroatoms. The minimum absolute atomic E-state index is 0.0520. The minimum Gasteiger partial charge on any atom is -0.459 e. The van der Waals surface area contributed by atoms with Gasteiger partial charge in [-0.3, -0.25) is 4.79 Å². The number of aromatic nitrogens is 2. The Morgan fingerprint density at radius 3 is 2.79 bits per heavy atom. The maximum atomic E-state index is 12.5. The van der Waals surface area contributed by atoms with E-state index in [2.05, 4.69) is 37.3 Å². The first-order chi connectivity index (χ1) is 13.6. The van der Waals surface area contributed by atoms with Gasteiger partial charge in [0.15, 0.2) is 5.76 Å². The Morgan fingerprint density at radius 1 is 1.32 bits per heavy atom. The van der Waals surface area contributed by atoms with Crippen LogP contribution in [0.15, 0.2) is 50.0 Å². The average Bonchev–Trinajstić information content (AvgIpc) is 3.39. The van der Waals surface area contributed by atoms with E-state index in [1.807, 2.05) is 11.0 Å². The fraction of sp³-hybridized carbons (Fsp3) is 0.263. The van der Waals surface area contributed by atoms with Crippen molar-refractivity contribution < 1.29 is 13.6 Å². The summed E-state index contributed by atoms with van der Waals surface area (Å²) >= 11 is 3.32. The summed E-state index contributed by atoms with van der Waals surface area (Å²) in [6, 6.07) is 9.10. The quantitative estimate of drug-likeness (QED) is 0.655. The van der Waals surface area contributed by atoms with E-state index in [0.29, 0.717) is 43.4 Å². The lowest BCUT2D eigenvalue weighted by atomic mass is 9.96. The lowest BCUT2D eigenvalue weighted by molar-refractivity contribution is -0.120. The molecule has 1 amide bonds. The van der Waals surface area contributed by atoms with E-state index in [4.69, 9.17) is 8.83 Å². The number of carbonyl (C=O) groups is 1. The molecule has 3 aromatic rings. The number of anilines is 2. The molecule has 0 aliphatic carbocycles. The van der Waals surface area contributed by atoms with Gasteiger partial charge in [0.2, 0.25) is 17.5 Å². The van der Waals surface area contributed by atoms with Gasteiger partial charge in [0.1, 0.15) is 11.9 Å². The lowest BCUT2D eigenvalue weighted by Gasteiger charge is -2.30. The zero-order valence-electron chi connectivity index (χ0n) is 14.8. The summed E-state index contributed by atoms with van der Waals surface area (Å²) in [6.07, 6.45) is 4.45. The summed E-state index contributed by atoms with van der Waals surface area (Å²) in [5, 5.41) is 12.2. The zero-order chi connectivity index (χ0) is 19.5. The predicted octanol–water partition coefficient (Wildman–Crippen LogP) is 3.82. The van der Waals surface area contributed by atoms with Crippen LogP contribution in [0.1, 0.15) is 18.5 Å². The number of hydrogen-bond donors (Lipinski definition) is 1. The molecule has 0 unspecified atom stereocenters. The van der Waals surface area contributed by atoms with Gasteiger partial charge in [-0.2, -0.15) is 10.2 Å². The number of hydrogen-bond acceptors (Lipinski definition) is 7. The van der Waals surface area contributed by atoms with Crippen molar-refractivity contribution in [1.29, 1.82) is 5.26 Å². The SMILES string of the molecule is N#Cc1nc(-c2ccco2)oc1N1CCC(C(=O)Nc2ccc(Br)cn2)CC1. The number of nitrogens with zero attached hydrogens (tertiary/aromatic N) is 4. The molecule has 142 valence electrons. The maximum Gasteiger partial charge on any atom is 0.266 e.